The lowest BCUT2D eigenvalue weighted by atomic mass is 10.1. The Bertz CT molecular complexity index is 3130. The van der Waals surface area contributed by atoms with E-state index in [1.807, 2.05) is 0 Å². The molecule has 0 atom stereocenters. The van der Waals surface area contributed by atoms with Crippen LogP contribution in [0.4, 0.5) is 36.7 Å². The summed E-state index contributed by atoms with van der Waals surface area (Å²) in [5, 5.41) is 22.9. The van der Waals surface area contributed by atoms with Gasteiger partial charge in [0.1, 0.15) is 29.6 Å². The van der Waals surface area contributed by atoms with E-state index in [0.29, 0.717) is 78.9 Å². The molecule has 4 heterocycles. The number of hydrogen-bond donors (Lipinski definition) is 5. The van der Waals surface area contributed by atoms with Gasteiger partial charge in [0.2, 0.25) is 0 Å². The number of carbonyl (C=O) groups is 3. The molecule has 0 aliphatic carbocycles. The number of urea groups is 2. The van der Waals surface area contributed by atoms with Crippen LogP contribution in [-0.4, -0.2) is 75.4 Å². The SMILES string of the molecule is CNC(=O)c1cc2c(Oc3ccc(NC(=O)Nc4cnn(CCOc5cc6c(Oc7ccc(NC(=O)Nc8cnn(C)c8)cc7F)ccnc6cc5OC)c4)c(Cl)c3)ccnc2cc1OC. The number of aromatic nitrogens is 6. The Labute approximate surface area is 379 Å². The van der Waals surface area contributed by atoms with Gasteiger partial charge in [-0.15, -0.1) is 0 Å². The van der Waals surface area contributed by atoms with Crippen molar-refractivity contribution in [2.75, 3.05) is 49.1 Å². The molecule has 0 bridgehead atoms. The van der Waals surface area contributed by atoms with Gasteiger partial charge in [-0.1, -0.05) is 11.6 Å². The molecule has 8 aromatic rings. The Morgan fingerprint density at radius 1 is 0.682 bits per heavy atom. The molecule has 4 aromatic heterocycles. The lowest BCUT2D eigenvalue weighted by molar-refractivity contribution is 0.0960. The number of rotatable bonds is 15. The fraction of sp³-hybridized carbons (Fsp3) is 0.133. The van der Waals surface area contributed by atoms with Crippen LogP contribution in [-0.2, 0) is 13.6 Å². The molecule has 0 unspecified atom stereocenters. The number of methoxy groups -OCH3 is 2. The van der Waals surface area contributed by atoms with Crippen molar-refractivity contribution >= 4 is 74.1 Å². The molecular formula is C45H39ClFN11O8. The number of hydrogen-bond acceptors (Lipinski definition) is 12. The fourth-order valence-corrected chi connectivity index (χ4v) is 6.86. The first-order chi connectivity index (χ1) is 32.0. The Hall–Kier alpha value is -8.65. The third-order valence-corrected chi connectivity index (χ3v) is 10.1. The van der Waals surface area contributed by atoms with Crippen molar-refractivity contribution in [2.45, 2.75) is 6.54 Å². The van der Waals surface area contributed by atoms with Crippen molar-refractivity contribution in [1.82, 2.24) is 34.8 Å². The summed E-state index contributed by atoms with van der Waals surface area (Å²) in [6, 6.07) is 17.6. The predicted octanol–water partition coefficient (Wildman–Crippen LogP) is 8.83. The summed E-state index contributed by atoms with van der Waals surface area (Å²) in [6.07, 6.45) is 9.31. The molecule has 0 saturated carbocycles. The second-order valence-corrected chi connectivity index (χ2v) is 14.6. The Morgan fingerprint density at radius 3 is 2.03 bits per heavy atom. The normalized spacial score (nSPS) is 10.9. The zero-order valence-electron chi connectivity index (χ0n) is 35.5. The van der Waals surface area contributed by atoms with E-state index >= 15 is 4.39 Å². The molecule has 336 valence electrons. The van der Waals surface area contributed by atoms with Crippen LogP contribution in [0.1, 0.15) is 10.4 Å². The van der Waals surface area contributed by atoms with E-state index in [-0.39, 0.29) is 35.5 Å². The maximum Gasteiger partial charge on any atom is 0.323 e. The molecule has 4 aromatic carbocycles. The summed E-state index contributed by atoms with van der Waals surface area (Å²) in [4.78, 5) is 46.7. The van der Waals surface area contributed by atoms with E-state index in [1.165, 1.54) is 56.7 Å². The molecule has 19 nitrogen and oxygen atoms in total. The average Bonchev–Trinajstić information content (AvgIpc) is 3.94. The number of ether oxygens (including phenoxy) is 5. The van der Waals surface area contributed by atoms with Crippen molar-refractivity contribution in [3.63, 3.8) is 0 Å². The van der Waals surface area contributed by atoms with Crippen LogP contribution in [0.5, 0.6) is 40.2 Å². The molecule has 0 fully saturated rings. The van der Waals surface area contributed by atoms with Gasteiger partial charge in [0.15, 0.2) is 23.1 Å². The molecule has 0 aliphatic heterocycles. The van der Waals surface area contributed by atoms with Crippen molar-refractivity contribution in [2.24, 2.45) is 7.05 Å². The van der Waals surface area contributed by atoms with Crippen molar-refractivity contribution < 1.29 is 42.5 Å². The van der Waals surface area contributed by atoms with Gasteiger partial charge in [-0.2, -0.15) is 10.2 Å². The van der Waals surface area contributed by atoms with Crippen LogP contribution in [0.15, 0.2) is 110 Å². The number of aryl methyl sites for hydroxylation is 1. The smallest absolute Gasteiger partial charge is 0.323 e. The largest absolute Gasteiger partial charge is 0.496 e. The average molecular weight is 916 g/mol. The third-order valence-electron chi connectivity index (χ3n) is 9.74. The van der Waals surface area contributed by atoms with Crippen molar-refractivity contribution in [1.29, 1.82) is 0 Å². The Morgan fingerprint density at radius 2 is 1.35 bits per heavy atom. The Balaban J connectivity index is 0.863. The van der Waals surface area contributed by atoms with E-state index < -0.39 is 17.9 Å². The van der Waals surface area contributed by atoms with Crippen LogP contribution >= 0.6 is 11.6 Å². The van der Waals surface area contributed by atoms with Crippen molar-refractivity contribution in [3.05, 3.63) is 126 Å². The lowest BCUT2D eigenvalue weighted by Gasteiger charge is -2.14. The molecular weight excluding hydrogens is 877 g/mol. The number of carbonyl (C=O) groups excluding carboxylic acids is 3. The first-order valence-electron chi connectivity index (χ1n) is 19.9. The van der Waals surface area contributed by atoms with Gasteiger partial charge in [0.25, 0.3) is 5.91 Å². The summed E-state index contributed by atoms with van der Waals surface area (Å²) in [6.45, 7) is 0.430. The maximum absolute atomic E-state index is 15.3. The molecule has 66 heavy (non-hydrogen) atoms. The van der Waals surface area contributed by atoms with Crippen LogP contribution in [0, 0.1) is 5.82 Å². The van der Waals surface area contributed by atoms with Crippen LogP contribution in [0.3, 0.4) is 0 Å². The van der Waals surface area contributed by atoms with Crippen LogP contribution in [0.2, 0.25) is 5.02 Å². The Kier molecular flexibility index (Phi) is 12.9. The number of benzene rings is 4. The quantitative estimate of drug-likeness (QED) is 0.0652. The predicted molar refractivity (Wildman–Crippen MR) is 244 cm³/mol. The molecule has 0 radical (unpaired) electrons. The molecule has 21 heteroatoms. The van der Waals surface area contributed by atoms with Crippen LogP contribution < -0.4 is 50.3 Å². The minimum Gasteiger partial charge on any atom is -0.496 e. The maximum atomic E-state index is 15.3. The number of anilines is 4. The summed E-state index contributed by atoms with van der Waals surface area (Å²) < 4.78 is 47.6. The second-order valence-electron chi connectivity index (χ2n) is 14.2. The third kappa shape index (κ3) is 10.1. The zero-order chi connectivity index (χ0) is 46.3. The highest BCUT2D eigenvalue weighted by atomic mass is 35.5. The van der Waals surface area contributed by atoms with Gasteiger partial charge in [-0.05, 0) is 48.5 Å². The summed E-state index contributed by atoms with van der Waals surface area (Å²) in [7, 11) is 6.21. The van der Waals surface area contributed by atoms with E-state index in [2.05, 4.69) is 46.7 Å². The fourth-order valence-electron chi connectivity index (χ4n) is 6.64. The highest BCUT2D eigenvalue weighted by Crippen LogP contribution is 2.39. The van der Waals surface area contributed by atoms with Gasteiger partial charge in [-0.25, -0.2) is 14.0 Å². The van der Waals surface area contributed by atoms with Gasteiger partial charge < -0.3 is 50.3 Å². The number of fused-ring (bicyclic) bond motifs is 2. The lowest BCUT2D eigenvalue weighted by Crippen LogP contribution is -2.19. The van der Waals surface area contributed by atoms with Gasteiger partial charge >= 0.3 is 12.1 Å². The molecule has 5 amide bonds. The van der Waals surface area contributed by atoms with Gasteiger partial charge in [-0.3, -0.25) is 24.1 Å². The molecule has 0 spiro atoms. The summed E-state index contributed by atoms with van der Waals surface area (Å²) in [5.41, 5.74) is 2.79. The standard InChI is InChI=1S/C45H39ClFN11O8/c1-48-43(59)31-17-29-35(19-40(31)62-3)49-11-9-37(29)65-28-6-7-34(32(46)16-28)56-45(61)55-27-22-52-58(24-27)13-14-64-42-18-30-36(20-41(42)63-4)50-12-10-38(30)66-39-8-5-25(15-33(39)47)53-44(60)54-26-21-51-57(2)23-26/h5-12,15-24H,13-14H2,1-4H3,(H,48,59)(H2,53,54,60)(H2,55,56,61). The monoisotopic (exact) mass is 915 g/mol. The van der Waals surface area contributed by atoms with E-state index in [1.54, 1.807) is 84.9 Å². The van der Waals surface area contributed by atoms with Gasteiger partial charge in [0.05, 0.1) is 71.8 Å². The number of amides is 5. The zero-order valence-corrected chi connectivity index (χ0v) is 36.3. The van der Waals surface area contributed by atoms with E-state index in [0.717, 1.165) is 6.07 Å². The number of pyridine rings is 2. The summed E-state index contributed by atoms with van der Waals surface area (Å²) >= 11 is 6.56. The molecule has 0 saturated heterocycles. The van der Waals surface area contributed by atoms with Crippen molar-refractivity contribution in [3.8, 4) is 40.2 Å². The van der Waals surface area contributed by atoms with E-state index in [4.69, 9.17) is 35.3 Å². The van der Waals surface area contributed by atoms with Crippen LogP contribution in [0.25, 0.3) is 21.8 Å². The first kappa shape index (κ1) is 44.0. The second kappa shape index (κ2) is 19.4. The number of nitrogens with zero attached hydrogens (tertiary/aromatic N) is 6. The molecule has 5 N–H and O–H groups in total. The van der Waals surface area contributed by atoms with E-state index in [9.17, 15) is 14.4 Å². The molecule has 0 aliphatic rings. The highest BCUT2D eigenvalue weighted by molar-refractivity contribution is 6.34. The number of halogens is 2. The summed E-state index contributed by atoms with van der Waals surface area (Å²) in [5.74, 6) is 1.11. The topological polar surface area (TPSA) is 219 Å². The minimum absolute atomic E-state index is 0.0836. The minimum atomic E-state index is -0.711. The first-order valence-corrected chi connectivity index (χ1v) is 20.2. The van der Waals surface area contributed by atoms with Gasteiger partial charge in [0, 0.05) is 79.6 Å². The molecule has 8 rings (SSSR count). The number of nitrogens with one attached hydrogen (secondary N) is 5. The highest BCUT2D eigenvalue weighted by Gasteiger charge is 2.18.